The minimum absolute atomic E-state index is 0.0358. The SMILES string of the molecule is O=C(COc1ccccc1[N+](=O)[O-])N1CC2C[C@@H]3CC1C[C@H](C2)C3. The van der Waals surface area contributed by atoms with Gasteiger partial charge in [0.25, 0.3) is 5.91 Å². The molecule has 0 spiro atoms. The number of fused-ring (bicyclic) bond motifs is 1. The maximum absolute atomic E-state index is 12.7. The summed E-state index contributed by atoms with van der Waals surface area (Å²) in [5, 5.41) is 11.0. The molecule has 4 atom stereocenters. The molecule has 4 bridgehead atoms. The van der Waals surface area contributed by atoms with Crippen LogP contribution in [0.4, 0.5) is 5.69 Å². The van der Waals surface area contributed by atoms with Gasteiger partial charge in [0.1, 0.15) is 0 Å². The minimum atomic E-state index is -0.480. The Morgan fingerprint density at radius 1 is 1.12 bits per heavy atom. The third-order valence-corrected chi connectivity index (χ3v) is 5.84. The van der Waals surface area contributed by atoms with Crippen LogP contribution in [-0.2, 0) is 4.79 Å². The second kappa shape index (κ2) is 6.07. The molecule has 2 aliphatic carbocycles. The molecule has 2 aliphatic heterocycles. The zero-order valence-corrected chi connectivity index (χ0v) is 13.6. The number of nitrogens with zero attached hydrogens (tertiary/aromatic N) is 2. The highest BCUT2D eigenvalue weighted by molar-refractivity contribution is 5.78. The molecule has 1 aromatic rings. The van der Waals surface area contributed by atoms with Gasteiger partial charge in [0.05, 0.1) is 4.92 Å². The van der Waals surface area contributed by atoms with Crippen molar-refractivity contribution in [2.24, 2.45) is 17.8 Å². The maximum atomic E-state index is 12.7. The lowest BCUT2D eigenvalue weighted by Crippen LogP contribution is -2.44. The van der Waals surface area contributed by atoms with Crippen molar-refractivity contribution in [1.82, 2.24) is 4.90 Å². The number of hydrogen-bond acceptors (Lipinski definition) is 4. The van der Waals surface area contributed by atoms with Gasteiger partial charge in [-0.25, -0.2) is 0 Å². The summed E-state index contributed by atoms with van der Waals surface area (Å²) in [6, 6.07) is 6.55. The van der Waals surface area contributed by atoms with Gasteiger partial charge in [-0.15, -0.1) is 0 Å². The molecule has 0 N–H and O–H groups in total. The first kappa shape index (κ1) is 15.4. The van der Waals surface area contributed by atoms with Gasteiger partial charge in [-0.05, 0) is 55.9 Å². The highest BCUT2D eigenvalue weighted by Gasteiger charge is 2.44. The average Bonchev–Trinajstić information content (AvgIpc) is 2.76. The summed E-state index contributed by atoms with van der Waals surface area (Å²) in [5.74, 6) is 2.31. The molecule has 5 rings (SSSR count). The Hall–Kier alpha value is -2.11. The molecule has 2 saturated carbocycles. The van der Waals surface area contributed by atoms with E-state index in [-0.39, 0.29) is 24.0 Å². The van der Waals surface area contributed by atoms with Crippen LogP contribution in [0.5, 0.6) is 5.75 Å². The lowest BCUT2D eigenvalue weighted by Gasteiger charge is -2.38. The summed E-state index contributed by atoms with van der Waals surface area (Å²) in [4.78, 5) is 25.3. The van der Waals surface area contributed by atoms with Gasteiger partial charge in [0.2, 0.25) is 0 Å². The standard InChI is InChI=1S/C18H22N2O4/c21-18(11-24-17-4-2-1-3-16(17)20(22)23)19-10-14-6-12-5-13(7-14)9-15(19)8-12/h1-4,12-15H,5-11H2/t12-,13+,14?,15?. The third kappa shape index (κ3) is 2.85. The summed E-state index contributed by atoms with van der Waals surface area (Å²) in [6.45, 7) is 0.708. The number of benzene rings is 1. The lowest BCUT2D eigenvalue weighted by molar-refractivity contribution is -0.385. The van der Waals surface area contributed by atoms with Crippen molar-refractivity contribution in [2.75, 3.05) is 13.2 Å². The Kier molecular flexibility index (Phi) is 3.90. The Bertz CT molecular complexity index is 648. The highest BCUT2D eigenvalue weighted by atomic mass is 16.6. The maximum Gasteiger partial charge on any atom is 0.310 e. The number of ether oxygens (including phenoxy) is 1. The molecule has 1 amide bonds. The van der Waals surface area contributed by atoms with E-state index in [9.17, 15) is 14.9 Å². The second-order valence-electron chi connectivity index (χ2n) is 7.49. The normalized spacial score (nSPS) is 30.9. The summed E-state index contributed by atoms with van der Waals surface area (Å²) >= 11 is 0. The van der Waals surface area contributed by atoms with E-state index in [1.54, 1.807) is 18.2 Å². The molecule has 128 valence electrons. The molecule has 0 radical (unpaired) electrons. The molecule has 0 aromatic heterocycles. The molecular weight excluding hydrogens is 308 g/mol. The first-order chi connectivity index (χ1) is 11.6. The van der Waals surface area contributed by atoms with E-state index in [0.29, 0.717) is 12.0 Å². The number of amides is 1. The Labute approximate surface area is 140 Å². The van der Waals surface area contributed by atoms with Gasteiger partial charge in [0, 0.05) is 18.7 Å². The fourth-order valence-corrected chi connectivity index (χ4v) is 5.04. The van der Waals surface area contributed by atoms with Crippen LogP contribution < -0.4 is 4.74 Å². The van der Waals surface area contributed by atoms with Gasteiger partial charge in [-0.1, -0.05) is 12.1 Å². The van der Waals surface area contributed by atoms with E-state index in [4.69, 9.17) is 4.74 Å². The Balaban J connectivity index is 1.44. The fourth-order valence-electron chi connectivity index (χ4n) is 5.04. The molecule has 4 aliphatic rings. The molecule has 2 saturated heterocycles. The van der Waals surface area contributed by atoms with Gasteiger partial charge >= 0.3 is 5.69 Å². The quantitative estimate of drug-likeness (QED) is 0.628. The summed E-state index contributed by atoms with van der Waals surface area (Å²) in [5.41, 5.74) is -0.0962. The number of carbonyl (C=O) groups excluding carboxylic acids is 1. The molecule has 1 aromatic carbocycles. The summed E-state index contributed by atoms with van der Waals surface area (Å²) in [7, 11) is 0. The van der Waals surface area contributed by atoms with Crippen LogP contribution in [0.2, 0.25) is 0 Å². The van der Waals surface area contributed by atoms with Gasteiger partial charge < -0.3 is 9.64 Å². The molecule has 24 heavy (non-hydrogen) atoms. The fraction of sp³-hybridized carbons (Fsp3) is 0.611. The Morgan fingerprint density at radius 2 is 1.79 bits per heavy atom. The van der Waals surface area contributed by atoms with Crippen molar-refractivity contribution in [3.05, 3.63) is 34.4 Å². The van der Waals surface area contributed by atoms with Crippen LogP contribution in [-0.4, -0.2) is 34.9 Å². The first-order valence-corrected chi connectivity index (χ1v) is 8.76. The van der Waals surface area contributed by atoms with Crippen LogP contribution in [0.25, 0.3) is 0 Å². The van der Waals surface area contributed by atoms with E-state index in [0.717, 1.165) is 31.2 Å². The predicted octanol–water partition coefficient (Wildman–Crippen LogP) is 3.01. The molecule has 2 unspecified atom stereocenters. The van der Waals surface area contributed by atoms with Crippen molar-refractivity contribution >= 4 is 11.6 Å². The van der Waals surface area contributed by atoms with E-state index >= 15 is 0 Å². The van der Waals surface area contributed by atoms with Crippen LogP contribution in [0.15, 0.2) is 24.3 Å². The monoisotopic (exact) mass is 330 g/mol. The van der Waals surface area contributed by atoms with Gasteiger partial charge in [0.15, 0.2) is 12.4 Å². The molecular formula is C18H22N2O4. The van der Waals surface area contributed by atoms with Crippen molar-refractivity contribution in [1.29, 1.82) is 0 Å². The minimum Gasteiger partial charge on any atom is -0.477 e. The van der Waals surface area contributed by atoms with Crippen LogP contribution in [0.3, 0.4) is 0 Å². The number of rotatable bonds is 4. The zero-order chi connectivity index (χ0) is 16.7. The largest absolute Gasteiger partial charge is 0.477 e. The van der Waals surface area contributed by atoms with Crippen molar-refractivity contribution < 1.29 is 14.5 Å². The number of nitro benzene ring substituents is 1. The number of para-hydroxylation sites is 2. The first-order valence-electron chi connectivity index (χ1n) is 8.76. The summed E-state index contributed by atoms with van der Waals surface area (Å²) < 4.78 is 5.51. The second-order valence-corrected chi connectivity index (χ2v) is 7.49. The molecule has 6 heteroatoms. The van der Waals surface area contributed by atoms with Crippen LogP contribution in [0, 0.1) is 27.9 Å². The van der Waals surface area contributed by atoms with E-state index in [2.05, 4.69) is 0 Å². The van der Waals surface area contributed by atoms with Crippen molar-refractivity contribution in [3.63, 3.8) is 0 Å². The van der Waals surface area contributed by atoms with E-state index in [1.165, 1.54) is 25.3 Å². The molecule has 4 fully saturated rings. The summed E-state index contributed by atoms with van der Waals surface area (Å²) in [6.07, 6.45) is 6.07. The predicted molar refractivity (Wildman–Crippen MR) is 87.6 cm³/mol. The zero-order valence-electron chi connectivity index (χ0n) is 13.6. The number of hydrogen-bond donors (Lipinski definition) is 0. The van der Waals surface area contributed by atoms with Gasteiger partial charge in [-0.3, -0.25) is 14.9 Å². The van der Waals surface area contributed by atoms with Crippen LogP contribution in [0.1, 0.15) is 32.1 Å². The third-order valence-electron chi connectivity index (χ3n) is 5.84. The molecule has 6 nitrogen and oxygen atoms in total. The smallest absolute Gasteiger partial charge is 0.310 e. The number of carbonyl (C=O) groups is 1. The van der Waals surface area contributed by atoms with Gasteiger partial charge in [-0.2, -0.15) is 0 Å². The van der Waals surface area contributed by atoms with E-state index in [1.807, 2.05) is 4.90 Å². The number of nitro groups is 1. The topological polar surface area (TPSA) is 72.7 Å². The lowest BCUT2D eigenvalue weighted by atomic mass is 9.68. The highest BCUT2D eigenvalue weighted by Crippen LogP contribution is 2.47. The van der Waals surface area contributed by atoms with Crippen LogP contribution >= 0.6 is 0 Å². The molecule has 2 heterocycles. The van der Waals surface area contributed by atoms with Crippen molar-refractivity contribution in [3.8, 4) is 5.75 Å². The van der Waals surface area contributed by atoms with Crippen molar-refractivity contribution in [2.45, 2.75) is 38.1 Å². The van der Waals surface area contributed by atoms with E-state index < -0.39 is 4.92 Å². The Morgan fingerprint density at radius 3 is 2.50 bits per heavy atom. The average molecular weight is 330 g/mol.